The van der Waals surface area contributed by atoms with Gasteiger partial charge in [0.25, 0.3) is 10.0 Å². The van der Waals surface area contributed by atoms with Crippen LogP contribution in [0.3, 0.4) is 0 Å². The molecule has 1 unspecified atom stereocenters. The highest BCUT2D eigenvalue weighted by Gasteiger charge is 2.37. The van der Waals surface area contributed by atoms with Crippen LogP contribution in [0.5, 0.6) is 0 Å². The Bertz CT molecular complexity index is 1040. The fourth-order valence-corrected chi connectivity index (χ4v) is 5.11. The molecule has 0 fully saturated rings. The smallest absolute Gasteiger partial charge is 0.267 e. The summed E-state index contributed by atoms with van der Waals surface area (Å²) in [6, 6.07) is 17.8. The van der Waals surface area contributed by atoms with Crippen LogP contribution in [-0.4, -0.2) is 24.7 Å². The first-order valence-corrected chi connectivity index (χ1v) is 10.6. The Kier molecular flexibility index (Phi) is 4.52. The van der Waals surface area contributed by atoms with Crippen molar-refractivity contribution in [1.82, 2.24) is 9.78 Å². The number of fused-ring (bicyclic) bond motifs is 1. The summed E-state index contributed by atoms with van der Waals surface area (Å²) in [5, 5.41) is 4.24. The number of benzene rings is 2. The van der Waals surface area contributed by atoms with Crippen molar-refractivity contribution >= 4 is 15.7 Å². The molecule has 0 saturated heterocycles. The highest BCUT2D eigenvalue weighted by atomic mass is 32.2. The van der Waals surface area contributed by atoms with Gasteiger partial charge >= 0.3 is 0 Å². The second kappa shape index (κ2) is 6.85. The first kappa shape index (κ1) is 17.8. The lowest BCUT2D eigenvalue weighted by Gasteiger charge is -2.19. The summed E-state index contributed by atoms with van der Waals surface area (Å²) in [7, 11) is -3.66. The SMILES string of the molecule is CC(C)Cn1cc(S(=O)(=O)N2CC(c3ccccc3)c3ccccc32)cn1. The molecule has 2 heterocycles. The summed E-state index contributed by atoms with van der Waals surface area (Å²) in [5.74, 6) is 0.429. The Morgan fingerprint density at radius 3 is 2.52 bits per heavy atom. The Morgan fingerprint density at radius 1 is 1.07 bits per heavy atom. The minimum atomic E-state index is -3.66. The Morgan fingerprint density at radius 2 is 1.78 bits per heavy atom. The first-order chi connectivity index (χ1) is 13.0. The fraction of sp³-hybridized carbons (Fsp3) is 0.286. The Balaban J connectivity index is 1.72. The predicted octanol–water partition coefficient (Wildman–Crippen LogP) is 3.88. The molecule has 0 spiro atoms. The monoisotopic (exact) mass is 381 g/mol. The average molecular weight is 382 g/mol. The molecule has 5 nitrogen and oxygen atoms in total. The van der Waals surface area contributed by atoms with Gasteiger partial charge in [0.2, 0.25) is 0 Å². The van der Waals surface area contributed by atoms with Crippen LogP contribution in [0.25, 0.3) is 0 Å². The van der Waals surface area contributed by atoms with Crippen LogP contribution in [0.15, 0.2) is 71.9 Å². The molecule has 0 aliphatic carbocycles. The van der Waals surface area contributed by atoms with E-state index >= 15 is 0 Å². The zero-order valence-electron chi connectivity index (χ0n) is 15.5. The van der Waals surface area contributed by atoms with E-state index in [1.54, 1.807) is 10.9 Å². The lowest BCUT2D eigenvalue weighted by atomic mass is 9.93. The van der Waals surface area contributed by atoms with E-state index in [9.17, 15) is 8.42 Å². The number of anilines is 1. The van der Waals surface area contributed by atoms with E-state index in [2.05, 4.69) is 31.1 Å². The molecule has 1 aromatic heterocycles. The maximum atomic E-state index is 13.3. The van der Waals surface area contributed by atoms with E-state index in [0.29, 0.717) is 19.0 Å². The van der Waals surface area contributed by atoms with Gasteiger partial charge in [0, 0.05) is 25.2 Å². The summed E-state index contributed by atoms with van der Waals surface area (Å²) >= 11 is 0. The molecule has 1 aliphatic heterocycles. The van der Waals surface area contributed by atoms with Gasteiger partial charge in [-0.15, -0.1) is 0 Å². The number of hydrogen-bond donors (Lipinski definition) is 0. The number of rotatable bonds is 5. The average Bonchev–Trinajstić information content (AvgIpc) is 3.27. The van der Waals surface area contributed by atoms with Gasteiger partial charge in [-0.1, -0.05) is 62.4 Å². The van der Waals surface area contributed by atoms with Crippen molar-refractivity contribution in [3.8, 4) is 0 Å². The minimum Gasteiger partial charge on any atom is -0.271 e. The zero-order valence-corrected chi connectivity index (χ0v) is 16.3. The molecule has 0 N–H and O–H groups in total. The molecular formula is C21H23N3O2S. The largest absolute Gasteiger partial charge is 0.271 e. The molecule has 1 atom stereocenters. The van der Waals surface area contributed by atoms with Crippen LogP contribution in [0.1, 0.15) is 30.9 Å². The van der Waals surface area contributed by atoms with Crippen LogP contribution in [0.4, 0.5) is 5.69 Å². The molecule has 140 valence electrons. The lowest BCUT2D eigenvalue weighted by Crippen LogP contribution is -2.30. The molecule has 0 radical (unpaired) electrons. The van der Waals surface area contributed by atoms with Gasteiger partial charge in [-0.05, 0) is 23.1 Å². The molecule has 2 aromatic carbocycles. The van der Waals surface area contributed by atoms with E-state index < -0.39 is 10.0 Å². The summed E-state index contributed by atoms with van der Waals surface area (Å²) < 4.78 is 29.9. The normalized spacial score (nSPS) is 16.7. The maximum Gasteiger partial charge on any atom is 0.267 e. The van der Waals surface area contributed by atoms with Crippen LogP contribution >= 0.6 is 0 Å². The van der Waals surface area contributed by atoms with Crippen molar-refractivity contribution in [2.24, 2.45) is 5.92 Å². The summed E-state index contributed by atoms with van der Waals surface area (Å²) in [5.41, 5.74) is 2.92. The molecule has 0 saturated carbocycles. The van der Waals surface area contributed by atoms with Gasteiger partial charge in [0.05, 0.1) is 11.9 Å². The van der Waals surface area contributed by atoms with Gasteiger partial charge < -0.3 is 0 Å². The van der Waals surface area contributed by atoms with E-state index in [-0.39, 0.29) is 10.8 Å². The highest BCUT2D eigenvalue weighted by molar-refractivity contribution is 7.92. The third-order valence-electron chi connectivity index (χ3n) is 4.88. The quantitative estimate of drug-likeness (QED) is 0.674. The minimum absolute atomic E-state index is 0.0304. The molecular weight excluding hydrogens is 358 g/mol. The molecule has 1 aliphatic rings. The van der Waals surface area contributed by atoms with E-state index in [4.69, 9.17) is 0 Å². The van der Waals surface area contributed by atoms with Crippen molar-refractivity contribution < 1.29 is 8.42 Å². The molecule has 3 aromatic rings. The first-order valence-electron chi connectivity index (χ1n) is 9.16. The van der Waals surface area contributed by atoms with Gasteiger partial charge in [-0.3, -0.25) is 8.99 Å². The van der Waals surface area contributed by atoms with E-state index in [1.807, 2.05) is 42.5 Å². The molecule has 6 heteroatoms. The van der Waals surface area contributed by atoms with Gasteiger partial charge in [-0.2, -0.15) is 5.10 Å². The molecule has 0 bridgehead atoms. The fourth-order valence-electron chi connectivity index (χ4n) is 3.65. The highest BCUT2D eigenvalue weighted by Crippen LogP contribution is 2.42. The van der Waals surface area contributed by atoms with Crippen LogP contribution in [0.2, 0.25) is 0 Å². The second-order valence-electron chi connectivity index (χ2n) is 7.35. The lowest BCUT2D eigenvalue weighted by molar-refractivity contribution is 0.482. The van der Waals surface area contributed by atoms with Crippen molar-refractivity contribution in [1.29, 1.82) is 0 Å². The van der Waals surface area contributed by atoms with Gasteiger partial charge in [-0.25, -0.2) is 8.42 Å². The van der Waals surface area contributed by atoms with Crippen LogP contribution < -0.4 is 4.31 Å². The Hall–Kier alpha value is -2.60. The summed E-state index contributed by atoms with van der Waals surface area (Å²) in [6.07, 6.45) is 3.09. The van der Waals surface area contributed by atoms with Crippen molar-refractivity contribution in [2.75, 3.05) is 10.8 Å². The zero-order chi connectivity index (χ0) is 19.0. The second-order valence-corrected chi connectivity index (χ2v) is 9.21. The maximum absolute atomic E-state index is 13.3. The summed E-state index contributed by atoms with van der Waals surface area (Å²) in [4.78, 5) is 0.242. The molecule has 0 amide bonds. The number of sulfonamides is 1. The van der Waals surface area contributed by atoms with Gasteiger partial charge in [0.1, 0.15) is 4.90 Å². The third kappa shape index (κ3) is 3.25. The van der Waals surface area contributed by atoms with Crippen molar-refractivity contribution in [3.63, 3.8) is 0 Å². The number of nitrogens with zero attached hydrogens (tertiary/aromatic N) is 3. The van der Waals surface area contributed by atoms with E-state index in [0.717, 1.165) is 16.8 Å². The third-order valence-corrected chi connectivity index (χ3v) is 6.61. The Labute approximate surface area is 160 Å². The van der Waals surface area contributed by atoms with E-state index in [1.165, 1.54) is 10.5 Å². The predicted molar refractivity (Wildman–Crippen MR) is 106 cm³/mol. The standard InChI is InChI=1S/C21H23N3O2S/c1-16(2)13-23-14-18(12-22-23)27(25,26)24-15-20(17-8-4-3-5-9-17)19-10-6-7-11-21(19)24/h3-12,14,16,20H,13,15H2,1-2H3. The topological polar surface area (TPSA) is 55.2 Å². The molecule has 4 rings (SSSR count). The number of hydrogen-bond acceptors (Lipinski definition) is 3. The summed E-state index contributed by atoms with van der Waals surface area (Å²) in [6.45, 7) is 5.26. The van der Waals surface area contributed by atoms with Crippen LogP contribution in [-0.2, 0) is 16.6 Å². The molecule has 27 heavy (non-hydrogen) atoms. The van der Waals surface area contributed by atoms with Crippen LogP contribution in [0, 0.1) is 5.92 Å². The van der Waals surface area contributed by atoms with Gasteiger partial charge in [0.15, 0.2) is 0 Å². The van der Waals surface area contributed by atoms with Crippen molar-refractivity contribution in [3.05, 3.63) is 78.1 Å². The number of aromatic nitrogens is 2. The number of para-hydroxylation sites is 1. The van der Waals surface area contributed by atoms with Crippen molar-refractivity contribution in [2.45, 2.75) is 31.2 Å².